The van der Waals surface area contributed by atoms with Gasteiger partial charge in [0.05, 0.1) is 0 Å². The lowest BCUT2D eigenvalue weighted by Crippen LogP contribution is -3.00. The summed E-state index contributed by atoms with van der Waals surface area (Å²) in [5, 5.41) is 4.01. The monoisotopic (exact) mass is 327 g/mol. The number of rotatable bonds is 5. The van der Waals surface area contributed by atoms with Gasteiger partial charge in [-0.25, -0.2) is 0 Å². The number of hydrogen-bond donors (Lipinski definition) is 1. The molecule has 2 N–H and O–H groups in total. The van der Waals surface area contributed by atoms with Crippen LogP contribution in [0.5, 0.6) is 0 Å². The molecule has 0 saturated carbocycles. The van der Waals surface area contributed by atoms with Crippen LogP contribution in [-0.2, 0) is 13.0 Å². The molecule has 1 heterocycles. The van der Waals surface area contributed by atoms with Crippen molar-refractivity contribution in [2.45, 2.75) is 13.0 Å². The third kappa shape index (κ3) is 4.44. The fraction of sp³-hybridized carbons (Fsp3) is 0.111. The third-order valence-electron chi connectivity index (χ3n) is 3.46. The SMILES string of the molecule is Nc1on[n+](CCc2ccccc2)c1/C=C/c1ccccc1.[Cl-]. The summed E-state index contributed by atoms with van der Waals surface area (Å²) in [5.74, 6) is 0.334. The van der Waals surface area contributed by atoms with Gasteiger partial charge >= 0.3 is 5.88 Å². The average molecular weight is 328 g/mol. The minimum atomic E-state index is 0. The molecule has 0 spiro atoms. The zero-order chi connectivity index (χ0) is 15.2. The molecular weight excluding hydrogens is 310 g/mol. The molecule has 5 heteroatoms. The zero-order valence-corrected chi connectivity index (χ0v) is 13.4. The topological polar surface area (TPSA) is 55.9 Å². The van der Waals surface area contributed by atoms with Crippen LogP contribution in [0.25, 0.3) is 12.2 Å². The van der Waals surface area contributed by atoms with E-state index in [0.29, 0.717) is 5.88 Å². The summed E-state index contributed by atoms with van der Waals surface area (Å²) < 4.78 is 6.91. The van der Waals surface area contributed by atoms with E-state index in [9.17, 15) is 0 Å². The van der Waals surface area contributed by atoms with Crippen molar-refractivity contribution in [3.63, 3.8) is 0 Å². The molecule has 0 unspecified atom stereocenters. The van der Waals surface area contributed by atoms with Gasteiger partial charge in [-0.3, -0.25) is 4.52 Å². The van der Waals surface area contributed by atoms with Crippen molar-refractivity contribution in [3.05, 3.63) is 77.5 Å². The Morgan fingerprint density at radius 1 is 0.957 bits per heavy atom. The van der Waals surface area contributed by atoms with E-state index in [2.05, 4.69) is 17.4 Å². The molecule has 118 valence electrons. The van der Waals surface area contributed by atoms with Crippen LogP contribution in [-0.4, -0.2) is 5.27 Å². The molecular formula is C18H18ClN3O. The van der Waals surface area contributed by atoms with Gasteiger partial charge in [0.1, 0.15) is 0 Å². The maximum Gasteiger partial charge on any atom is 0.301 e. The molecule has 0 aliphatic carbocycles. The van der Waals surface area contributed by atoms with E-state index in [1.54, 1.807) is 4.68 Å². The molecule has 3 rings (SSSR count). The summed E-state index contributed by atoms with van der Waals surface area (Å²) in [5.41, 5.74) is 9.03. The lowest BCUT2D eigenvalue weighted by atomic mass is 10.1. The second-order valence-corrected chi connectivity index (χ2v) is 5.03. The quantitative estimate of drug-likeness (QED) is 0.669. The Hall–Kier alpha value is -2.59. The van der Waals surface area contributed by atoms with E-state index >= 15 is 0 Å². The molecule has 0 aliphatic rings. The summed E-state index contributed by atoms with van der Waals surface area (Å²) in [7, 11) is 0. The Morgan fingerprint density at radius 2 is 1.61 bits per heavy atom. The number of hydrogen-bond acceptors (Lipinski definition) is 3. The molecule has 0 saturated heterocycles. The molecule has 1 aromatic heterocycles. The van der Waals surface area contributed by atoms with Crippen molar-refractivity contribution >= 4 is 18.0 Å². The second-order valence-electron chi connectivity index (χ2n) is 5.03. The first-order valence-electron chi connectivity index (χ1n) is 7.25. The number of nitrogens with two attached hydrogens (primary N) is 1. The number of aryl methyl sites for hydroxylation is 2. The summed E-state index contributed by atoms with van der Waals surface area (Å²) in [6, 6.07) is 20.3. The molecule has 23 heavy (non-hydrogen) atoms. The fourth-order valence-electron chi connectivity index (χ4n) is 2.26. The lowest BCUT2D eigenvalue weighted by Gasteiger charge is -1.95. The molecule has 0 radical (unpaired) electrons. The van der Waals surface area contributed by atoms with Crippen molar-refractivity contribution in [1.29, 1.82) is 0 Å². The predicted molar refractivity (Wildman–Crippen MR) is 86.6 cm³/mol. The van der Waals surface area contributed by atoms with E-state index < -0.39 is 0 Å². The molecule has 0 aliphatic heterocycles. The van der Waals surface area contributed by atoms with Gasteiger partial charge in [-0.15, -0.1) is 0 Å². The maximum atomic E-state index is 5.87. The molecule has 2 aromatic carbocycles. The van der Waals surface area contributed by atoms with Crippen LogP contribution in [0, 0.1) is 0 Å². The van der Waals surface area contributed by atoms with Gasteiger partial charge in [0.15, 0.2) is 6.54 Å². The maximum absolute atomic E-state index is 5.87. The first-order chi connectivity index (χ1) is 10.8. The summed E-state index contributed by atoms with van der Waals surface area (Å²) in [4.78, 5) is 0. The van der Waals surface area contributed by atoms with Crippen LogP contribution in [0.3, 0.4) is 0 Å². The fourth-order valence-corrected chi connectivity index (χ4v) is 2.26. The molecule has 0 amide bonds. The summed E-state index contributed by atoms with van der Waals surface area (Å²) in [6.45, 7) is 0.721. The van der Waals surface area contributed by atoms with E-state index in [1.165, 1.54) is 5.56 Å². The zero-order valence-electron chi connectivity index (χ0n) is 12.6. The van der Waals surface area contributed by atoms with Crippen molar-refractivity contribution in [1.82, 2.24) is 5.27 Å². The highest BCUT2D eigenvalue weighted by molar-refractivity contribution is 5.70. The number of nitrogens with zero attached hydrogens (tertiary/aromatic N) is 2. The van der Waals surface area contributed by atoms with Crippen LogP contribution in [0.2, 0.25) is 0 Å². The van der Waals surface area contributed by atoms with Crippen LogP contribution >= 0.6 is 0 Å². The van der Waals surface area contributed by atoms with Crippen LogP contribution in [0.4, 0.5) is 5.88 Å². The number of anilines is 1. The van der Waals surface area contributed by atoms with Gasteiger partial charge < -0.3 is 18.1 Å². The van der Waals surface area contributed by atoms with E-state index in [-0.39, 0.29) is 12.4 Å². The van der Waals surface area contributed by atoms with Crippen molar-refractivity contribution in [2.75, 3.05) is 5.73 Å². The van der Waals surface area contributed by atoms with Gasteiger partial charge in [0.2, 0.25) is 5.27 Å². The molecule has 0 fully saturated rings. The average Bonchev–Trinajstić information content (AvgIpc) is 2.93. The van der Waals surface area contributed by atoms with Crippen molar-refractivity contribution in [3.8, 4) is 0 Å². The minimum Gasteiger partial charge on any atom is -1.00 e. The van der Waals surface area contributed by atoms with Crippen molar-refractivity contribution in [2.24, 2.45) is 0 Å². The smallest absolute Gasteiger partial charge is 0.301 e. The largest absolute Gasteiger partial charge is 1.00 e. The Morgan fingerprint density at radius 3 is 2.30 bits per heavy atom. The van der Waals surface area contributed by atoms with Gasteiger partial charge in [-0.1, -0.05) is 60.7 Å². The van der Waals surface area contributed by atoms with E-state index in [4.69, 9.17) is 10.3 Å². The van der Waals surface area contributed by atoms with Gasteiger partial charge in [0.25, 0.3) is 5.69 Å². The highest BCUT2D eigenvalue weighted by atomic mass is 35.5. The highest BCUT2D eigenvalue weighted by Gasteiger charge is 2.19. The number of nitrogen functional groups attached to an aromatic ring is 1. The van der Waals surface area contributed by atoms with Gasteiger partial charge in [-0.05, 0) is 21.9 Å². The molecule has 0 atom stereocenters. The van der Waals surface area contributed by atoms with Gasteiger partial charge in [0, 0.05) is 12.5 Å². The Labute approximate surface area is 141 Å². The normalized spacial score (nSPS) is 10.6. The molecule has 4 nitrogen and oxygen atoms in total. The first kappa shape index (κ1) is 16.8. The third-order valence-corrected chi connectivity index (χ3v) is 3.46. The minimum absolute atomic E-state index is 0. The van der Waals surface area contributed by atoms with Crippen LogP contribution in [0.1, 0.15) is 16.8 Å². The number of benzene rings is 2. The van der Waals surface area contributed by atoms with E-state index in [0.717, 1.165) is 24.2 Å². The Balaban J connectivity index is 0.00000192. The summed E-state index contributed by atoms with van der Waals surface area (Å²) in [6.07, 6.45) is 4.82. The number of halogens is 1. The first-order valence-corrected chi connectivity index (χ1v) is 7.25. The lowest BCUT2D eigenvalue weighted by molar-refractivity contribution is -0.763. The second kappa shape index (κ2) is 8.15. The van der Waals surface area contributed by atoms with Crippen LogP contribution < -0.4 is 22.8 Å². The summed E-state index contributed by atoms with van der Waals surface area (Å²) >= 11 is 0. The van der Waals surface area contributed by atoms with Crippen molar-refractivity contribution < 1.29 is 21.6 Å². The Bertz CT molecular complexity index is 754. The highest BCUT2D eigenvalue weighted by Crippen LogP contribution is 2.11. The van der Waals surface area contributed by atoms with Gasteiger partial charge in [-0.2, -0.15) is 0 Å². The Kier molecular flexibility index (Phi) is 5.94. The molecule has 3 aromatic rings. The molecule has 0 bridgehead atoms. The van der Waals surface area contributed by atoms with Crippen LogP contribution in [0.15, 0.2) is 65.2 Å². The number of aromatic nitrogens is 2. The standard InChI is InChI=1S/C18H18N3O.ClH/c19-18-17(12-11-15-7-3-1-4-8-15)21(20-22-18)14-13-16-9-5-2-6-10-16;/h1-12H,13-14,19H2;1H/q+1;/p-1/b12-11+;. The van der Waals surface area contributed by atoms with E-state index in [1.807, 2.05) is 60.7 Å². The predicted octanol–water partition coefficient (Wildman–Crippen LogP) is -0.0386.